The summed E-state index contributed by atoms with van der Waals surface area (Å²) in [5.74, 6) is 0.216. The van der Waals surface area contributed by atoms with Crippen LogP contribution >= 0.6 is 0 Å². The van der Waals surface area contributed by atoms with Crippen molar-refractivity contribution in [1.29, 1.82) is 0 Å². The summed E-state index contributed by atoms with van der Waals surface area (Å²) < 4.78 is 0. The first kappa shape index (κ1) is 23.2. The highest BCUT2D eigenvalue weighted by atomic mass is 15.1. The number of hydrogen-bond acceptors (Lipinski definition) is 2. The van der Waals surface area contributed by atoms with Crippen molar-refractivity contribution in [2.45, 2.75) is 97.3 Å². The lowest BCUT2D eigenvalue weighted by atomic mass is 10.1. The minimum absolute atomic E-state index is 0.216. The molecule has 0 radical (unpaired) electrons. The maximum absolute atomic E-state index is 5.40. The van der Waals surface area contributed by atoms with Gasteiger partial charge in [0.1, 0.15) is 0 Å². The van der Waals surface area contributed by atoms with Crippen LogP contribution in [0.4, 0.5) is 0 Å². The topological polar surface area (TPSA) is 67.6 Å². The van der Waals surface area contributed by atoms with Gasteiger partial charge in [-0.15, -0.1) is 0 Å². The third kappa shape index (κ3) is 17.6. The van der Waals surface area contributed by atoms with E-state index in [4.69, 9.17) is 11.5 Å². The first-order valence-corrected chi connectivity index (χ1v) is 10.5. The van der Waals surface area contributed by atoms with Crippen LogP contribution in [0, 0.1) is 0 Å². The van der Waals surface area contributed by atoms with E-state index < -0.39 is 0 Å². The van der Waals surface area contributed by atoms with Crippen LogP contribution in [0.25, 0.3) is 0 Å². The molecule has 24 heavy (non-hydrogen) atoms. The van der Waals surface area contributed by atoms with Crippen molar-refractivity contribution in [2.24, 2.45) is 16.5 Å². The second-order valence-corrected chi connectivity index (χ2v) is 7.04. The van der Waals surface area contributed by atoms with Crippen LogP contribution in [0.5, 0.6) is 0 Å². The van der Waals surface area contributed by atoms with Crippen LogP contribution in [0.2, 0.25) is 0 Å². The summed E-state index contributed by atoms with van der Waals surface area (Å²) in [6, 6.07) is 0. The lowest BCUT2D eigenvalue weighted by molar-refractivity contribution is 0.258. The lowest BCUT2D eigenvalue weighted by Gasteiger charge is -2.22. The van der Waals surface area contributed by atoms with Crippen LogP contribution in [0.15, 0.2) is 4.99 Å². The summed E-state index contributed by atoms with van der Waals surface area (Å²) in [5, 5.41) is 0. The largest absolute Gasteiger partial charge is 0.370 e. The second-order valence-electron chi connectivity index (χ2n) is 7.04. The molecule has 0 heterocycles. The zero-order valence-electron chi connectivity index (χ0n) is 16.6. The maximum Gasteiger partial charge on any atom is 0.185 e. The molecule has 0 aromatic rings. The van der Waals surface area contributed by atoms with Gasteiger partial charge in [0.15, 0.2) is 5.96 Å². The highest BCUT2D eigenvalue weighted by Gasteiger charge is 2.04. The van der Waals surface area contributed by atoms with Crippen LogP contribution in [-0.2, 0) is 0 Å². The number of hydrogen-bond donors (Lipinski definition) is 2. The highest BCUT2D eigenvalue weighted by Crippen LogP contribution is 2.09. The molecule has 0 saturated carbocycles. The average Bonchev–Trinajstić information content (AvgIpc) is 2.56. The standard InChI is InChI=1S/C20H44N4/c1-3-5-7-9-11-13-17-24(19-15-16-23-20(21)22)18-14-12-10-8-6-4-2/h3-19H2,1-2H3,(H4,21,22,23). The molecule has 0 aromatic heterocycles. The molecular formula is C20H44N4. The van der Waals surface area contributed by atoms with Crippen molar-refractivity contribution in [3.8, 4) is 0 Å². The van der Waals surface area contributed by atoms with Crippen LogP contribution in [0.3, 0.4) is 0 Å². The molecule has 0 unspecified atom stereocenters. The Balaban J connectivity index is 3.84. The Bertz CT molecular complexity index is 259. The van der Waals surface area contributed by atoms with Gasteiger partial charge in [0.25, 0.3) is 0 Å². The lowest BCUT2D eigenvalue weighted by Crippen LogP contribution is -2.28. The van der Waals surface area contributed by atoms with Crippen LogP contribution in [0.1, 0.15) is 97.3 Å². The average molecular weight is 341 g/mol. The molecule has 4 nitrogen and oxygen atoms in total. The number of guanidine groups is 1. The number of unbranched alkanes of at least 4 members (excludes halogenated alkanes) is 10. The fourth-order valence-corrected chi connectivity index (χ4v) is 3.07. The Morgan fingerprint density at radius 3 is 1.50 bits per heavy atom. The van der Waals surface area contributed by atoms with Crippen LogP contribution in [-0.4, -0.2) is 37.0 Å². The van der Waals surface area contributed by atoms with Crippen molar-refractivity contribution in [2.75, 3.05) is 26.2 Å². The van der Waals surface area contributed by atoms with Crippen molar-refractivity contribution in [1.82, 2.24) is 4.90 Å². The van der Waals surface area contributed by atoms with Gasteiger partial charge >= 0.3 is 0 Å². The molecule has 0 aliphatic carbocycles. The summed E-state index contributed by atoms with van der Waals surface area (Å²) in [7, 11) is 0. The molecule has 0 fully saturated rings. The van der Waals surface area contributed by atoms with Gasteiger partial charge in [0.05, 0.1) is 0 Å². The number of nitrogens with two attached hydrogens (primary N) is 2. The van der Waals surface area contributed by atoms with Crippen molar-refractivity contribution in [3.63, 3.8) is 0 Å². The van der Waals surface area contributed by atoms with Gasteiger partial charge in [-0.3, -0.25) is 4.99 Å². The normalized spacial score (nSPS) is 11.1. The minimum Gasteiger partial charge on any atom is -0.370 e. The van der Waals surface area contributed by atoms with E-state index in [1.54, 1.807) is 0 Å². The van der Waals surface area contributed by atoms with E-state index in [1.165, 1.54) is 90.1 Å². The predicted octanol–water partition coefficient (Wildman–Crippen LogP) is 4.67. The van der Waals surface area contributed by atoms with Gasteiger partial charge in [0.2, 0.25) is 0 Å². The van der Waals surface area contributed by atoms with E-state index in [2.05, 4.69) is 23.7 Å². The third-order valence-electron chi connectivity index (χ3n) is 4.58. The number of nitrogens with zero attached hydrogens (tertiary/aromatic N) is 2. The van der Waals surface area contributed by atoms with Gasteiger partial charge in [0, 0.05) is 6.54 Å². The highest BCUT2D eigenvalue weighted by molar-refractivity contribution is 5.75. The van der Waals surface area contributed by atoms with E-state index in [0.717, 1.165) is 19.5 Å². The van der Waals surface area contributed by atoms with Gasteiger partial charge in [-0.25, -0.2) is 0 Å². The molecule has 0 atom stereocenters. The molecule has 0 aliphatic heterocycles. The molecule has 0 amide bonds. The molecule has 0 aliphatic rings. The van der Waals surface area contributed by atoms with Crippen molar-refractivity contribution >= 4 is 5.96 Å². The molecule has 144 valence electrons. The Hall–Kier alpha value is -0.770. The smallest absolute Gasteiger partial charge is 0.185 e. The van der Waals surface area contributed by atoms with E-state index >= 15 is 0 Å². The number of aliphatic imine (C=N–C) groups is 1. The van der Waals surface area contributed by atoms with Crippen molar-refractivity contribution in [3.05, 3.63) is 0 Å². The van der Waals surface area contributed by atoms with Crippen LogP contribution < -0.4 is 11.5 Å². The van der Waals surface area contributed by atoms with Crippen molar-refractivity contribution < 1.29 is 0 Å². The Labute approximate surface area is 151 Å². The maximum atomic E-state index is 5.40. The summed E-state index contributed by atoms with van der Waals surface area (Å²) in [4.78, 5) is 6.73. The molecular weight excluding hydrogens is 296 g/mol. The Morgan fingerprint density at radius 2 is 1.04 bits per heavy atom. The molecule has 4 N–H and O–H groups in total. The molecule has 0 bridgehead atoms. The SMILES string of the molecule is CCCCCCCCN(CCCCCCCC)CCCN=C(N)N. The van der Waals surface area contributed by atoms with Gasteiger partial charge in [-0.1, -0.05) is 78.1 Å². The van der Waals surface area contributed by atoms with E-state index in [1.807, 2.05) is 0 Å². The monoisotopic (exact) mass is 340 g/mol. The van der Waals surface area contributed by atoms with Gasteiger partial charge < -0.3 is 16.4 Å². The third-order valence-corrected chi connectivity index (χ3v) is 4.58. The molecule has 4 heteroatoms. The Kier molecular flexibility index (Phi) is 18.0. The molecule has 0 spiro atoms. The van der Waals surface area contributed by atoms with Gasteiger partial charge in [-0.05, 0) is 38.9 Å². The Morgan fingerprint density at radius 1 is 0.625 bits per heavy atom. The predicted molar refractivity (Wildman–Crippen MR) is 108 cm³/mol. The summed E-state index contributed by atoms with van der Waals surface area (Å²) in [6.07, 6.45) is 17.5. The molecule has 0 rings (SSSR count). The zero-order chi connectivity index (χ0) is 17.9. The number of rotatable bonds is 18. The first-order valence-electron chi connectivity index (χ1n) is 10.5. The second kappa shape index (κ2) is 18.6. The zero-order valence-corrected chi connectivity index (χ0v) is 16.6. The summed E-state index contributed by atoms with van der Waals surface area (Å²) in [5.41, 5.74) is 10.8. The fraction of sp³-hybridized carbons (Fsp3) is 0.950. The summed E-state index contributed by atoms with van der Waals surface area (Å²) >= 11 is 0. The van der Waals surface area contributed by atoms with Gasteiger partial charge in [-0.2, -0.15) is 0 Å². The van der Waals surface area contributed by atoms with E-state index in [9.17, 15) is 0 Å². The minimum atomic E-state index is 0.216. The molecule has 0 aromatic carbocycles. The fourth-order valence-electron chi connectivity index (χ4n) is 3.07. The first-order chi connectivity index (χ1) is 11.7. The van der Waals surface area contributed by atoms with E-state index in [-0.39, 0.29) is 5.96 Å². The summed E-state index contributed by atoms with van der Waals surface area (Å²) in [6.45, 7) is 8.91. The quantitative estimate of drug-likeness (QED) is 0.216. The molecule has 0 saturated heterocycles. The van der Waals surface area contributed by atoms with E-state index in [0.29, 0.717) is 0 Å².